The third-order valence-electron chi connectivity index (χ3n) is 3.61. The molecule has 0 aliphatic carbocycles. The Bertz CT molecular complexity index is 626. The molecule has 0 radical (unpaired) electrons. The van der Waals surface area contributed by atoms with Gasteiger partial charge < -0.3 is 18.9 Å². The van der Waals surface area contributed by atoms with Crippen LogP contribution < -0.4 is 9.47 Å². The van der Waals surface area contributed by atoms with Gasteiger partial charge in [-0.2, -0.15) is 0 Å². The van der Waals surface area contributed by atoms with Gasteiger partial charge in [0.05, 0.1) is 20.5 Å². The lowest BCUT2D eigenvalue weighted by molar-refractivity contribution is -0.133. The molecule has 0 N–H and O–H groups in total. The highest BCUT2D eigenvalue weighted by Crippen LogP contribution is 2.26. The Morgan fingerprint density at radius 3 is 2.73 bits per heavy atom. The summed E-state index contributed by atoms with van der Waals surface area (Å²) in [6.45, 7) is 2.32. The molecule has 0 bridgehead atoms. The molecule has 2 aromatic rings. The van der Waals surface area contributed by atoms with E-state index in [-0.39, 0.29) is 11.9 Å². The minimum atomic E-state index is -0.295. The smallest absolute Gasteiger partial charge is 0.245 e. The predicted octanol–water partition coefficient (Wildman–Crippen LogP) is 2.12. The Morgan fingerprint density at radius 2 is 2.14 bits per heavy atom. The Morgan fingerprint density at radius 1 is 1.36 bits per heavy atom. The molecular formula is C16H21N3O3. The van der Waals surface area contributed by atoms with Crippen molar-refractivity contribution in [2.24, 2.45) is 0 Å². The van der Waals surface area contributed by atoms with Crippen molar-refractivity contribution in [3.8, 4) is 11.5 Å². The van der Waals surface area contributed by atoms with Crippen molar-refractivity contribution in [3.63, 3.8) is 0 Å². The summed E-state index contributed by atoms with van der Waals surface area (Å²) in [5.41, 5.74) is 0.928. The monoisotopic (exact) mass is 303 g/mol. The molecule has 0 saturated carbocycles. The Hall–Kier alpha value is -2.50. The molecule has 0 saturated heterocycles. The first-order chi connectivity index (χ1) is 10.6. The van der Waals surface area contributed by atoms with Crippen LogP contribution in [0.25, 0.3) is 0 Å². The van der Waals surface area contributed by atoms with Crippen LogP contribution >= 0.6 is 0 Å². The summed E-state index contributed by atoms with van der Waals surface area (Å²) in [5.74, 6) is 1.44. The molecule has 0 spiro atoms. The standard InChI is InChI=1S/C16H21N3O3/c1-12(19-8-7-17-11-19)16(20)18(2)10-13-5-6-14(21-3)9-15(13)22-4/h5-9,11-12H,10H2,1-4H3/t12-/m0/s1. The van der Waals surface area contributed by atoms with Crippen molar-refractivity contribution in [1.29, 1.82) is 0 Å². The van der Waals surface area contributed by atoms with E-state index >= 15 is 0 Å². The molecule has 6 nitrogen and oxygen atoms in total. The number of nitrogens with zero attached hydrogens (tertiary/aromatic N) is 3. The molecule has 0 aliphatic heterocycles. The van der Waals surface area contributed by atoms with Crippen molar-refractivity contribution < 1.29 is 14.3 Å². The number of rotatable bonds is 6. The lowest BCUT2D eigenvalue weighted by Gasteiger charge is -2.23. The molecule has 1 amide bonds. The van der Waals surface area contributed by atoms with Crippen LogP contribution in [-0.2, 0) is 11.3 Å². The van der Waals surface area contributed by atoms with E-state index in [1.54, 1.807) is 49.5 Å². The van der Waals surface area contributed by atoms with E-state index in [1.165, 1.54) is 0 Å². The van der Waals surface area contributed by atoms with Crippen LogP contribution in [-0.4, -0.2) is 41.6 Å². The van der Waals surface area contributed by atoms with Crippen LogP contribution in [0.3, 0.4) is 0 Å². The van der Waals surface area contributed by atoms with Crippen molar-refractivity contribution in [2.75, 3.05) is 21.3 Å². The molecule has 2 rings (SSSR count). The van der Waals surface area contributed by atoms with E-state index in [9.17, 15) is 4.79 Å². The summed E-state index contributed by atoms with van der Waals surface area (Å²) >= 11 is 0. The van der Waals surface area contributed by atoms with Gasteiger partial charge in [0.15, 0.2) is 0 Å². The lowest BCUT2D eigenvalue weighted by atomic mass is 10.1. The topological polar surface area (TPSA) is 56.6 Å². The number of likely N-dealkylation sites (N-methyl/N-ethyl adjacent to an activating group) is 1. The van der Waals surface area contributed by atoms with Gasteiger partial charge in [-0.25, -0.2) is 4.98 Å². The Kier molecular flexibility index (Phi) is 5.04. The fourth-order valence-corrected chi connectivity index (χ4v) is 2.26. The summed E-state index contributed by atoms with van der Waals surface area (Å²) in [6.07, 6.45) is 5.09. The van der Waals surface area contributed by atoms with Crippen molar-refractivity contribution in [2.45, 2.75) is 19.5 Å². The summed E-state index contributed by atoms with van der Waals surface area (Å²) in [7, 11) is 4.99. The molecule has 1 heterocycles. The second-order valence-electron chi connectivity index (χ2n) is 5.06. The highest BCUT2D eigenvalue weighted by atomic mass is 16.5. The molecule has 0 fully saturated rings. The average Bonchev–Trinajstić information content (AvgIpc) is 3.08. The second-order valence-corrected chi connectivity index (χ2v) is 5.06. The van der Waals surface area contributed by atoms with E-state index in [1.807, 2.05) is 25.1 Å². The molecular weight excluding hydrogens is 282 g/mol. The average molecular weight is 303 g/mol. The zero-order valence-electron chi connectivity index (χ0n) is 13.3. The number of benzene rings is 1. The summed E-state index contributed by atoms with van der Waals surface area (Å²) in [5, 5.41) is 0. The van der Waals surface area contributed by atoms with Crippen LogP contribution in [0.15, 0.2) is 36.9 Å². The maximum atomic E-state index is 12.5. The first-order valence-electron chi connectivity index (χ1n) is 7.00. The van der Waals surface area contributed by atoms with Gasteiger partial charge in [-0.1, -0.05) is 0 Å². The van der Waals surface area contributed by atoms with Gasteiger partial charge in [-0.05, 0) is 19.1 Å². The van der Waals surface area contributed by atoms with E-state index in [2.05, 4.69) is 4.98 Å². The fraction of sp³-hybridized carbons (Fsp3) is 0.375. The number of aromatic nitrogens is 2. The minimum Gasteiger partial charge on any atom is -0.497 e. The molecule has 6 heteroatoms. The van der Waals surface area contributed by atoms with E-state index in [0.29, 0.717) is 12.3 Å². The van der Waals surface area contributed by atoms with Gasteiger partial charge in [0.25, 0.3) is 0 Å². The predicted molar refractivity (Wildman–Crippen MR) is 83.0 cm³/mol. The highest BCUT2D eigenvalue weighted by Gasteiger charge is 2.20. The van der Waals surface area contributed by atoms with Crippen LogP contribution in [0.5, 0.6) is 11.5 Å². The van der Waals surface area contributed by atoms with Gasteiger partial charge in [0.1, 0.15) is 17.5 Å². The van der Waals surface area contributed by atoms with Gasteiger partial charge in [0.2, 0.25) is 5.91 Å². The fourth-order valence-electron chi connectivity index (χ4n) is 2.26. The first kappa shape index (κ1) is 15.9. The number of hydrogen-bond donors (Lipinski definition) is 0. The van der Waals surface area contributed by atoms with Crippen LogP contribution in [0.4, 0.5) is 0 Å². The van der Waals surface area contributed by atoms with Gasteiger partial charge in [0, 0.05) is 37.6 Å². The van der Waals surface area contributed by atoms with E-state index < -0.39 is 0 Å². The van der Waals surface area contributed by atoms with E-state index in [0.717, 1.165) is 11.3 Å². The van der Waals surface area contributed by atoms with Gasteiger partial charge >= 0.3 is 0 Å². The molecule has 1 aromatic heterocycles. The minimum absolute atomic E-state index is 0.0101. The molecule has 118 valence electrons. The molecule has 1 atom stereocenters. The number of methoxy groups -OCH3 is 2. The largest absolute Gasteiger partial charge is 0.497 e. The number of hydrogen-bond acceptors (Lipinski definition) is 4. The molecule has 1 aromatic carbocycles. The third-order valence-corrected chi connectivity index (χ3v) is 3.61. The van der Waals surface area contributed by atoms with Crippen molar-refractivity contribution in [1.82, 2.24) is 14.5 Å². The van der Waals surface area contributed by atoms with Crippen LogP contribution in [0.1, 0.15) is 18.5 Å². The quantitative estimate of drug-likeness (QED) is 0.820. The molecule has 0 unspecified atom stereocenters. The maximum Gasteiger partial charge on any atom is 0.245 e. The van der Waals surface area contributed by atoms with Crippen molar-refractivity contribution >= 4 is 5.91 Å². The van der Waals surface area contributed by atoms with Crippen LogP contribution in [0, 0.1) is 0 Å². The Balaban J connectivity index is 2.11. The molecule has 22 heavy (non-hydrogen) atoms. The van der Waals surface area contributed by atoms with Crippen LogP contribution in [0.2, 0.25) is 0 Å². The van der Waals surface area contributed by atoms with Gasteiger partial charge in [-0.15, -0.1) is 0 Å². The van der Waals surface area contributed by atoms with Gasteiger partial charge in [-0.3, -0.25) is 4.79 Å². The zero-order valence-corrected chi connectivity index (χ0v) is 13.3. The van der Waals surface area contributed by atoms with Crippen molar-refractivity contribution in [3.05, 3.63) is 42.5 Å². The second kappa shape index (κ2) is 6.98. The third kappa shape index (κ3) is 3.39. The first-order valence-corrected chi connectivity index (χ1v) is 7.00. The van der Waals surface area contributed by atoms with E-state index in [4.69, 9.17) is 9.47 Å². The SMILES string of the molecule is COc1ccc(CN(C)C(=O)[C@H](C)n2ccnc2)c(OC)c1. The normalized spacial score (nSPS) is 11.8. The Labute approximate surface area is 130 Å². The summed E-state index contributed by atoms with van der Waals surface area (Å²) in [4.78, 5) is 18.1. The number of carbonyl (C=O) groups excluding carboxylic acids is 1. The number of imidazole rings is 1. The highest BCUT2D eigenvalue weighted by molar-refractivity contribution is 5.79. The lowest BCUT2D eigenvalue weighted by Crippen LogP contribution is -2.32. The maximum absolute atomic E-state index is 12.5. The summed E-state index contributed by atoms with van der Waals surface area (Å²) in [6, 6.07) is 5.28. The summed E-state index contributed by atoms with van der Waals surface area (Å²) < 4.78 is 12.3. The molecule has 0 aliphatic rings. The number of amides is 1. The zero-order chi connectivity index (χ0) is 16.1. The number of carbonyl (C=O) groups is 1. The number of ether oxygens (including phenoxy) is 2.